The number of aliphatic hydroxyl groups excluding tert-OH is 3. The van der Waals surface area contributed by atoms with Crippen molar-refractivity contribution in [3.05, 3.63) is 12.7 Å². The Bertz CT molecular complexity index is 650. The van der Waals surface area contributed by atoms with Crippen LogP contribution < -0.4 is 5.48 Å². The van der Waals surface area contributed by atoms with Crippen molar-refractivity contribution >= 4 is 17.0 Å². The summed E-state index contributed by atoms with van der Waals surface area (Å²) in [6, 6.07) is 0. The quantitative estimate of drug-likeness (QED) is 0.502. The number of nitrogens with zero attached hydrogens (tertiary/aromatic N) is 4. The predicted octanol–water partition coefficient (Wildman–Crippen LogP) is -1.20. The van der Waals surface area contributed by atoms with Gasteiger partial charge in [0.15, 0.2) is 23.2 Å². The summed E-state index contributed by atoms with van der Waals surface area (Å²) in [5, 5.41) is 29.1. The van der Waals surface area contributed by atoms with Gasteiger partial charge in [-0.1, -0.05) is 0 Å². The van der Waals surface area contributed by atoms with E-state index in [9.17, 15) is 10.2 Å². The Balaban J connectivity index is 1.95. The third-order valence-electron chi connectivity index (χ3n) is 3.46. The fourth-order valence-corrected chi connectivity index (χ4v) is 2.36. The molecule has 3 rings (SSSR count). The number of imidazole rings is 1. The Morgan fingerprint density at radius 1 is 1.32 bits per heavy atom. The van der Waals surface area contributed by atoms with Crippen molar-refractivity contribution in [2.24, 2.45) is 0 Å². The van der Waals surface area contributed by atoms with Crippen LogP contribution in [0.5, 0.6) is 0 Å². The molecule has 2 aromatic rings. The zero-order valence-electron chi connectivity index (χ0n) is 11.8. The molecule has 0 spiro atoms. The van der Waals surface area contributed by atoms with Crippen molar-refractivity contribution in [3.8, 4) is 0 Å². The third kappa shape index (κ3) is 2.40. The molecule has 0 aliphatic carbocycles. The minimum atomic E-state index is -1.20. The highest BCUT2D eigenvalue weighted by Crippen LogP contribution is 2.31. The number of anilines is 1. The van der Waals surface area contributed by atoms with Gasteiger partial charge >= 0.3 is 0 Å². The van der Waals surface area contributed by atoms with E-state index in [0.29, 0.717) is 23.6 Å². The summed E-state index contributed by atoms with van der Waals surface area (Å²) >= 11 is 0. The molecule has 0 bridgehead atoms. The Kier molecular flexibility index (Phi) is 4.18. The topological polar surface area (TPSA) is 135 Å². The van der Waals surface area contributed by atoms with Crippen LogP contribution in [0.4, 0.5) is 5.82 Å². The zero-order valence-corrected chi connectivity index (χ0v) is 11.8. The van der Waals surface area contributed by atoms with E-state index in [0.717, 1.165) is 0 Å². The molecule has 10 heteroatoms. The lowest BCUT2D eigenvalue weighted by Gasteiger charge is -2.16. The molecular weight excluding hydrogens is 294 g/mol. The number of nitrogens with one attached hydrogen (secondary N) is 1. The van der Waals surface area contributed by atoms with E-state index in [1.807, 2.05) is 6.92 Å². The van der Waals surface area contributed by atoms with Crippen LogP contribution in [0.3, 0.4) is 0 Å². The van der Waals surface area contributed by atoms with Crippen LogP contribution >= 0.6 is 0 Å². The van der Waals surface area contributed by atoms with Crippen molar-refractivity contribution < 1.29 is 24.9 Å². The number of hydrogen-bond donors (Lipinski definition) is 4. The second-order valence-electron chi connectivity index (χ2n) is 4.81. The molecule has 120 valence electrons. The van der Waals surface area contributed by atoms with Gasteiger partial charge in [0, 0.05) is 0 Å². The second kappa shape index (κ2) is 6.10. The van der Waals surface area contributed by atoms with Gasteiger partial charge in [0.1, 0.15) is 24.6 Å². The van der Waals surface area contributed by atoms with Crippen molar-refractivity contribution in [1.29, 1.82) is 0 Å². The molecule has 1 aliphatic rings. The molecule has 1 aliphatic heterocycles. The summed E-state index contributed by atoms with van der Waals surface area (Å²) in [5.74, 6) is 0.386. The molecule has 0 aromatic carbocycles. The van der Waals surface area contributed by atoms with Crippen molar-refractivity contribution in [1.82, 2.24) is 19.5 Å². The van der Waals surface area contributed by atoms with Gasteiger partial charge in [0.2, 0.25) is 0 Å². The maximum Gasteiger partial charge on any atom is 0.181 e. The van der Waals surface area contributed by atoms with E-state index < -0.39 is 31.1 Å². The summed E-state index contributed by atoms with van der Waals surface area (Å²) in [5.41, 5.74) is 3.51. The SMILES string of the molecule is CCONc1ncnc2c1ncn2[C@@H]1O[C@H](CO)[C@@H](O)[C@H]1O. The lowest BCUT2D eigenvalue weighted by atomic mass is 10.1. The van der Waals surface area contributed by atoms with Crippen molar-refractivity contribution in [2.45, 2.75) is 31.5 Å². The van der Waals surface area contributed by atoms with Crippen LogP contribution in [-0.2, 0) is 9.57 Å². The zero-order chi connectivity index (χ0) is 15.7. The molecule has 1 fully saturated rings. The Morgan fingerprint density at radius 3 is 2.82 bits per heavy atom. The third-order valence-corrected chi connectivity index (χ3v) is 3.46. The lowest BCUT2D eigenvalue weighted by Crippen LogP contribution is -2.33. The first-order valence-electron chi connectivity index (χ1n) is 6.85. The number of aliphatic hydroxyl groups is 3. The standard InChI is InChI=1S/C12H17N5O5/c1-2-21-16-10-7-11(14-4-13-10)17(5-15-7)12-9(20)8(19)6(3-18)22-12/h4-6,8-9,12,18-20H,2-3H2,1H3,(H,13,14,16)/t6-,8-,9-,12-/m1/s1. The fourth-order valence-electron chi connectivity index (χ4n) is 2.36. The summed E-state index contributed by atoms with van der Waals surface area (Å²) < 4.78 is 6.95. The molecule has 4 N–H and O–H groups in total. The fraction of sp³-hybridized carbons (Fsp3) is 0.583. The Morgan fingerprint density at radius 2 is 2.14 bits per heavy atom. The van der Waals surface area contributed by atoms with Gasteiger partial charge in [0.25, 0.3) is 0 Å². The molecule has 4 atom stereocenters. The maximum absolute atomic E-state index is 10.1. The minimum Gasteiger partial charge on any atom is -0.394 e. The van der Waals surface area contributed by atoms with E-state index in [4.69, 9.17) is 14.7 Å². The molecule has 0 saturated carbocycles. The Labute approximate surface area is 125 Å². The Hall–Kier alpha value is -1.85. The number of ether oxygens (including phenoxy) is 1. The average Bonchev–Trinajstić information content (AvgIpc) is 3.08. The normalized spacial score (nSPS) is 28.4. The smallest absolute Gasteiger partial charge is 0.181 e. The summed E-state index contributed by atoms with van der Waals surface area (Å²) in [6.07, 6.45) is -1.39. The highest BCUT2D eigenvalue weighted by Gasteiger charge is 2.44. The van der Waals surface area contributed by atoms with Gasteiger partial charge in [-0.2, -0.15) is 0 Å². The maximum atomic E-state index is 10.1. The van der Waals surface area contributed by atoms with E-state index in [1.165, 1.54) is 17.2 Å². The molecule has 0 radical (unpaired) electrons. The second-order valence-corrected chi connectivity index (χ2v) is 4.81. The first-order chi connectivity index (χ1) is 10.7. The largest absolute Gasteiger partial charge is 0.394 e. The van der Waals surface area contributed by atoms with E-state index >= 15 is 0 Å². The lowest BCUT2D eigenvalue weighted by molar-refractivity contribution is -0.0511. The number of fused-ring (bicyclic) bond motifs is 1. The summed E-state index contributed by atoms with van der Waals surface area (Å²) in [6.45, 7) is 1.87. The molecule has 22 heavy (non-hydrogen) atoms. The first-order valence-corrected chi connectivity index (χ1v) is 6.85. The summed E-state index contributed by atoms with van der Waals surface area (Å²) in [4.78, 5) is 17.4. The monoisotopic (exact) mass is 311 g/mol. The van der Waals surface area contributed by atoms with Crippen LogP contribution in [0.1, 0.15) is 13.2 Å². The van der Waals surface area contributed by atoms with Crippen LogP contribution in [0, 0.1) is 0 Å². The van der Waals surface area contributed by atoms with Crippen LogP contribution in [0.25, 0.3) is 11.2 Å². The highest BCUT2D eigenvalue weighted by molar-refractivity contribution is 5.82. The molecule has 2 aromatic heterocycles. The molecule has 3 heterocycles. The van der Waals surface area contributed by atoms with Gasteiger partial charge in [-0.25, -0.2) is 20.4 Å². The van der Waals surface area contributed by atoms with E-state index in [1.54, 1.807) is 0 Å². The molecule has 10 nitrogen and oxygen atoms in total. The molecular formula is C12H17N5O5. The molecule has 0 amide bonds. The molecule has 0 unspecified atom stereocenters. The predicted molar refractivity (Wildman–Crippen MR) is 73.6 cm³/mol. The van der Waals surface area contributed by atoms with Gasteiger partial charge in [0.05, 0.1) is 19.5 Å². The minimum absolute atomic E-state index is 0.386. The van der Waals surface area contributed by atoms with E-state index in [-0.39, 0.29) is 0 Å². The van der Waals surface area contributed by atoms with Crippen molar-refractivity contribution in [3.63, 3.8) is 0 Å². The summed E-state index contributed by atoms with van der Waals surface area (Å²) in [7, 11) is 0. The molecule has 1 saturated heterocycles. The first kappa shape index (κ1) is 15.1. The highest BCUT2D eigenvalue weighted by atomic mass is 16.6. The number of rotatable bonds is 5. The van der Waals surface area contributed by atoms with Gasteiger partial charge in [-0.05, 0) is 6.92 Å². The van der Waals surface area contributed by atoms with Crippen LogP contribution in [-0.4, -0.2) is 66.4 Å². The van der Waals surface area contributed by atoms with Gasteiger partial charge < -0.3 is 20.1 Å². The number of aromatic nitrogens is 4. The van der Waals surface area contributed by atoms with Crippen LogP contribution in [0.2, 0.25) is 0 Å². The van der Waals surface area contributed by atoms with E-state index in [2.05, 4.69) is 20.4 Å². The van der Waals surface area contributed by atoms with Crippen molar-refractivity contribution in [2.75, 3.05) is 18.7 Å². The van der Waals surface area contributed by atoms with Gasteiger partial charge in [-0.15, -0.1) is 0 Å². The number of hydrogen-bond acceptors (Lipinski definition) is 9. The average molecular weight is 311 g/mol. The van der Waals surface area contributed by atoms with Crippen LogP contribution in [0.15, 0.2) is 12.7 Å². The van der Waals surface area contributed by atoms with Gasteiger partial charge in [-0.3, -0.25) is 9.40 Å².